The summed E-state index contributed by atoms with van der Waals surface area (Å²) in [4.78, 5) is 35.4. The van der Waals surface area contributed by atoms with Crippen LogP contribution in [0.1, 0.15) is 50.5 Å². The molecule has 8 nitrogen and oxygen atoms in total. The van der Waals surface area contributed by atoms with Gasteiger partial charge in [-0.1, -0.05) is 37.3 Å². The van der Waals surface area contributed by atoms with E-state index in [0.29, 0.717) is 35.7 Å². The van der Waals surface area contributed by atoms with Crippen LogP contribution in [0.5, 0.6) is 0 Å². The molecule has 3 fully saturated rings. The van der Waals surface area contributed by atoms with Crippen LogP contribution in [0.15, 0.2) is 12.4 Å². The Hall–Kier alpha value is -2.03. The van der Waals surface area contributed by atoms with Gasteiger partial charge in [-0.2, -0.15) is 4.98 Å². The minimum atomic E-state index is -0.711. The van der Waals surface area contributed by atoms with Gasteiger partial charge < -0.3 is 9.64 Å². The summed E-state index contributed by atoms with van der Waals surface area (Å²) in [5.41, 5.74) is 0.559. The third-order valence-corrected chi connectivity index (χ3v) is 7.56. The van der Waals surface area contributed by atoms with E-state index >= 15 is 0 Å². The smallest absolute Gasteiger partial charge is 0.243 e. The summed E-state index contributed by atoms with van der Waals surface area (Å²) in [5.74, 6) is 1.09. The fraction of sp³-hybridized carbons (Fsp3) is 0.571. The normalized spacial score (nSPS) is 26.6. The topological polar surface area (TPSA) is 84.3 Å². The maximum Gasteiger partial charge on any atom is 0.243 e. The third-order valence-electron chi connectivity index (χ3n) is 7.12. The molecule has 2 aromatic rings. The molecule has 0 aromatic carbocycles. The molecule has 0 radical (unpaired) electrons. The van der Waals surface area contributed by atoms with Gasteiger partial charge in [0.05, 0.1) is 42.2 Å². The molecule has 2 saturated heterocycles. The summed E-state index contributed by atoms with van der Waals surface area (Å²) in [7, 11) is 0. The summed E-state index contributed by atoms with van der Waals surface area (Å²) in [5, 5.41) is 0.288. The molecule has 10 heteroatoms. The van der Waals surface area contributed by atoms with Crippen molar-refractivity contribution >= 4 is 46.6 Å². The van der Waals surface area contributed by atoms with Gasteiger partial charge in [-0.15, -0.1) is 0 Å². The lowest BCUT2D eigenvalue weighted by Crippen LogP contribution is -2.39. The fourth-order valence-corrected chi connectivity index (χ4v) is 6.20. The first-order valence-electron chi connectivity index (χ1n) is 10.9. The Balaban J connectivity index is 1.40. The molecule has 2 bridgehead atoms. The molecule has 6 rings (SSSR count). The number of amides is 1. The first kappa shape index (κ1) is 19.6. The van der Waals surface area contributed by atoms with Gasteiger partial charge >= 0.3 is 0 Å². The number of morpholine rings is 1. The number of ether oxygens (including phenoxy) is 1. The van der Waals surface area contributed by atoms with E-state index in [1.165, 1.54) is 0 Å². The molecule has 1 spiro atoms. The lowest BCUT2D eigenvalue weighted by molar-refractivity contribution is -0.123. The Morgan fingerprint density at radius 1 is 1.06 bits per heavy atom. The Kier molecular flexibility index (Phi) is 4.59. The number of halogens is 2. The zero-order valence-corrected chi connectivity index (χ0v) is 18.4. The molecule has 4 aliphatic rings. The van der Waals surface area contributed by atoms with E-state index in [-0.39, 0.29) is 22.4 Å². The minimum absolute atomic E-state index is 0.0258. The van der Waals surface area contributed by atoms with Crippen molar-refractivity contribution in [1.29, 1.82) is 0 Å². The molecule has 2 aromatic heterocycles. The summed E-state index contributed by atoms with van der Waals surface area (Å²) in [6, 6.07) is 0.324. The molecule has 5 heterocycles. The molecule has 3 aliphatic heterocycles. The summed E-state index contributed by atoms with van der Waals surface area (Å²) in [6.07, 6.45) is 10.3. The lowest BCUT2D eigenvalue weighted by atomic mass is 9.76. The largest absolute Gasteiger partial charge is 0.374 e. The van der Waals surface area contributed by atoms with Crippen LogP contribution in [0, 0.1) is 0 Å². The highest BCUT2D eigenvalue weighted by Crippen LogP contribution is 2.53. The molecule has 1 aliphatic carbocycles. The van der Waals surface area contributed by atoms with E-state index in [9.17, 15) is 4.79 Å². The van der Waals surface area contributed by atoms with Crippen LogP contribution in [-0.2, 0) is 14.9 Å². The molecule has 2 unspecified atom stereocenters. The molecule has 0 N–H and O–H groups in total. The van der Waals surface area contributed by atoms with Crippen molar-refractivity contribution in [1.82, 2.24) is 19.9 Å². The van der Waals surface area contributed by atoms with E-state index < -0.39 is 5.41 Å². The van der Waals surface area contributed by atoms with Crippen LogP contribution >= 0.6 is 23.2 Å². The van der Waals surface area contributed by atoms with Gasteiger partial charge in [0, 0.05) is 12.1 Å². The van der Waals surface area contributed by atoms with Gasteiger partial charge in [-0.3, -0.25) is 9.69 Å². The standard InChI is InChI=1S/C21H22Cl2N6O2/c22-16-15-17(27-19(23)26-16)29(18(30)21(15)5-3-1-2-4-6-21)13-8-24-20(25-9-13)28-10-14-7-12(28)11-31-14/h8-9,12,14H,1-7,10-11H2. The second kappa shape index (κ2) is 7.25. The van der Waals surface area contributed by atoms with Crippen LogP contribution in [0.3, 0.4) is 0 Å². The van der Waals surface area contributed by atoms with Gasteiger partial charge in [0.2, 0.25) is 17.1 Å². The van der Waals surface area contributed by atoms with Gasteiger partial charge in [-0.25, -0.2) is 15.0 Å². The molecular weight excluding hydrogens is 439 g/mol. The van der Waals surface area contributed by atoms with Crippen molar-refractivity contribution in [3.05, 3.63) is 28.4 Å². The van der Waals surface area contributed by atoms with Crippen LogP contribution in [0.2, 0.25) is 10.4 Å². The van der Waals surface area contributed by atoms with Crippen LogP contribution in [0.4, 0.5) is 17.5 Å². The lowest BCUT2D eigenvalue weighted by Gasteiger charge is -2.28. The number of anilines is 3. The monoisotopic (exact) mass is 460 g/mol. The van der Waals surface area contributed by atoms with Crippen molar-refractivity contribution < 1.29 is 9.53 Å². The molecule has 31 heavy (non-hydrogen) atoms. The van der Waals surface area contributed by atoms with Gasteiger partial charge in [0.15, 0.2) is 5.82 Å². The number of hydrogen-bond donors (Lipinski definition) is 0. The maximum atomic E-state index is 13.9. The predicted octanol–water partition coefficient (Wildman–Crippen LogP) is 3.82. The van der Waals surface area contributed by atoms with Crippen molar-refractivity contribution in [2.45, 2.75) is 62.5 Å². The summed E-state index contributed by atoms with van der Waals surface area (Å²) >= 11 is 12.7. The molecule has 162 valence electrons. The Morgan fingerprint density at radius 2 is 1.81 bits per heavy atom. The van der Waals surface area contributed by atoms with Gasteiger partial charge in [0.1, 0.15) is 5.15 Å². The fourth-order valence-electron chi connectivity index (χ4n) is 5.65. The van der Waals surface area contributed by atoms with Crippen molar-refractivity contribution in [3.8, 4) is 0 Å². The van der Waals surface area contributed by atoms with E-state index in [1.54, 1.807) is 17.3 Å². The molecule has 1 saturated carbocycles. The Morgan fingerprint density at radius 3 is 2.45 bits per heavy atom. The van der Waals surface area contributed by atoms with Crippen molar-refractivity contribution in [2.75, 3.05) is 23.0 Å². The Bertz CT molecular complexity index is 1040. The van der Waals surface area contributed by atoms with E-state index in [0.717, 1.165) is 51.5 Å². The number of fused-ring (bicyclic) bond motifs is 4. The van der Waals surface area contributed by atoms with Crippen molar-refractivity contribution in [3.63, 3.8) is 0 Å². The van der Waals surface area contributed by atoms with Crippen LogP contribution in [0.25, 0.3) is 0 Å². The van der Waals surface area contributed by atoms with E-state index in [2.05, 4.69) is 24.8 Å². The van der Waals surface area contributed by atoms with Crippen molar-refractivity contribution in [2.24, 2.45) is 0 Å². The van der Waals surface area contributed by atoms with E-state index in [4.69, 9.17) is 27.9 Å². The van der Waals surface area contributed by atoms with E-state index in [1.807, 2.05) is 0 Å². The SMILES string of the molecule is O=C1N(c2cnc(N3CC4CC3CO4)nc2)c2nc(Cl)nc(Cl)c2C12CCCCCC2. The van der Waals surface area contributed by atoms with Crippen LogP contribution < -0.4 is 9.80 Å². The highest BCUT2D eigenvalue weighted by Gasteiger charge is 2.54. The second-order valence-electron chi connectivity index (χ2n) is 8.86. The third kappa shape index (κ3) is 2.95. The maximum absolute atomic E-state index is 13.9. The molecular formula is C21H22Cl2N6O2. The minimum Gasteiger partial charge on any atom is -0.374 e. The number of carbonyl (C=O) groups is 1. The summed E-state index contributed by atoms with van der Waals surface area (Å²) in [6.45, 7) is 1.52. The predicted molar refractivity (Wildman–Crippen MR) is 116 cm³/mol. The number of rotatable bonds is 2. The quantitative estimate of drug-likeness (QED) is 0.497. The van der Waals surface area contributed by atoms with Crippen LogP contribution in [-0.4, -0.2) is 51.1 Å². The number of nitrogens with zero attached hydrogens (tertiary/aromatic N) is 6. The molecule has 2 atom stereocenters. The second-order valence-corrected chi connectivity index (χ2v) is 9.55. The Labute approximate surface area is 189 Å². The first-order valence-corrected chi connectivity index (χ1v) is 11.6. The number of carbonyl (C=O) groups excluding carboxylic acids is 1. The highest BCUT2D eigenvalue weighted by molar-refractivity contribution is 6.34. The molecule has 1 amide bonds. The van der Waals surface area contributed by atoms with Gasteiger partial charge in [-0.05, 0) is 30.9 Å². The number of aromatic nitrogens is 4. The zero-order valence-electron chi connectivity index (χ0n) is 16.9. The average Bonchev–Trinajstić information content (AvgIpc) is 3.38. The first-order chi connectivity index (χ1) is 15.1. The highest BCUT2D eigenvalue weighted by atomic mass is 35.5. The van der Waals surface area contributed by atoms with Gasteiger partial charge in [0.25, 0.3) is 0 Å². The number of hydrogen-bond acceptors (Lipinski definition) is 7. The summed E-state index contributed by atoms with van der Waals surface area (Å²) < 4.78 is 5.67. The average molecular weight is 461 g/mol. The zero-order chi connectivity index (χ0) is 21.2.